The number of carboxylic acid groups (broad SMARTS) is 1. The quantitative estimate of drug-likeness (QED) is 0.582. The number of hydrogen-bond donors (Lipinski definition) is 3. The van der Waals surface area contributed by atoms with Crippen LogP contribution in [0.25, 0.3) is 0 Å². The molecule has 10 heteroatoms. The summed E-state index contributed by atoms with van der Waals surface area (Å²) in [4.78, 5) is 19.2. The number of carboxylic acids is 1. The fourth-order valence-corrected chi connectivity index (χ4v) is 3.19. The number of anilines is 4. The smallest absolute Gasteiger partial charge is 0.349 e. The summed E-state index contributed by atoms with van der Waals surface area (Å²) in [6.07, 6.45) is 0.0367. The summed E-state index contributed by atoms with van der Waals surface area (Å²) in [5.41, 5.74) is 1.60. The van der Waals surface area contributed by atoms with Gasteiger partial charge in [0.15, 0.2) is 28.9 Å². The molecular formula is C20H15FN4O5. The van der Waals surface area contributed by atoms with E-state index in [-0.39, 0.29) is 11.8 Å². The molecule has 30 heavy (non-hydrogen) atoms. The molecule has 0 bridgehead atoms. The molecule has 0 amide bonds. The van der Waals surface area contributed by atoms with Crippen LogP contribution in [-0.4, -0.2) is 34.3 Å². The molecule has 0 radical (unpaired) electrons. The SMILES string of the molecule is O=C(O)C1Oc2c(Nc3ncc(F)c(Nc4ccc5c(c4)OCCO5)n3)cccc21. The van der Waals surface area contributed by atoms with Gasteiger partial charge in [-0.05, 0) is 18.2 Å². The van der Waals surface area contributed by atoms with Crippen molar-refractivity contribution in [2.24, 2.45) is 0 Å². The van der Waals surface area contributed by atoms with Gasteiger partial charge in [-0.3, -0.25) is 0 Å². The number of nitrogens with zero attached hydrogens (tertiary/aromatic N) is 2. The van der Waals surface area contributed by atoms with Gasteiger partial charge in [0.1, 0.15) is 13.2 Å². The van der Waals surface area contributed by atoms with Crippen LogP contribution in [0.2, 0.25) is 0 Å². The highest BCUT2D eigenvalue weighted by Gasteiger charge is 2.36. The van der Waals surface area contributed by atoms with E-state index in [0.717, 1.165) is 6.20 Å². The molecule has 1 unspecified atom stereocenters. The minimum Gasteiger partial charge on any atom is -0.486 e. The van der Waals surface area contributed by atoms with Crippen LogP contribution in [0.1, 0.15) is 11.7 Å². The van der Waals surface area contributed by atoms with Gasteiger partial charge in [-0.25, -0.2) is 14.2 Å². The van der Waals surface area contributed by atoms with Crippen LogP contribution in [0, 0.1) is 5.82 Å². The van der Waals surface area contributed by atoms with Crippen molar-refractivity contribution in [1.29, 1.82) is 0 Å². The van der Waals surface area contributed by atoms with E-state index in [1.165, 1.54) is 0 Å². The first kappa shape index (κ1) is 18.0. The third-order valence-electron chi connectivity index (χ3n) is 4.58. The molecule has 3 heterocycles. The zero-order valence-corrected chi connectivity index (χ0v) is 15.4. The molecule has 0 saturated carbocycles. The lowest BCUT2D eigenvalue weighted by Crippen LogP contribution is -2.27. The number of benzene rings is 2. The number of ether oxygens (including phenoxy) is 3. The number of fused-ring (bicyclic) bond motifs is 2. The fourth-order valence-electron chi connectivity index (χ4n) is 3.19. The Morgan fingerprint density at radius 1 is 1.13 bits per heavy atom. The Bertz CT molecular complexity index is 1160. The van der Waals surface area contributed by atoms with E-state index in [4.69, 9.17) is 19.3 Å². The summed E-state index contributed by atoms with van der Waals surface area (Å²) in [5, 5.41) is 14.9. The van der Waals surface area contributed by atoms with Gasteiger partial charge in [0.05, 0.1) is 11.9 Å². The lowest BCUT2D eigenvalue weighted by molar-refractivity contribution is -0.147. The summed E-state index contributed by atoms with van der Waals surface area (Å²) in [6, 6.07) is 10.2. The molecule has 0 saturated heterocycles. The monoisotopic (exact) mass is 410 g/mol. The van der Waals surface area contributed by atoms with E-state index < -0.39 is 17.9 Å². The van der Waals surface area contributed by atoms with Gasteiger partial charge in [-0.1, -0.05) is 12.1 Å². The number of rotatable bonds is 5. The highest BCUT2D eigenvalue weighted by atomic mass is 19.1. The molecule has 3 aromatic rings. The summed E-state index contributed by atoms with van der Waals surface area (Å²) >= 11 is 0. The van der Waals surface area contributed by atoms with Crippen molar-refractivity contribution in [2.75, 3.05) is 23.8 Å². The number of para-hydroxylation sites is 1. The van der Waals surface area contributed by atoms with Crippen molar-refractivity contribution in [3.63, 3.8) is 0 Å². The van der Waals surface area contributed by atoms with Gasteiger partial charge >= 0.3 is 5.97 Å². The maximum atomic E-state index is 14.3. The fraction of sp³-hybridized carbons (Fsp3) is 0.150. The van der Waals surface area contributed by atoms with Gasteiger partial charge in [0.2, 0.25) is 12.1 Å². The zero-order valence-electron chi connectivity index (χ0n) is 15.4. The molecule has 0 aliphatic carbocycles. The molecule has 2 aromatic carbocycles. The largest absolute Gasteiger partial charge is 0.486 e. The third kappa shape index (κ3) is 3.17. The van der Waals surface area contributed by atoms with E-state index in [1.54, 1.807) is 36.4 Å². The molecule has 1 aromatic heterocycles. The van der Waals surface area contributed by atoms with Gasteiger partial charge in [-0.2, -0.15) is 4.98 Å². The number of halogens is 1. The van der Waals surface area contributed by atoms with Gasteiger partial charge < -0.3 is 30.0 Å². The summed E-state index contributed by atoms with van der Waals surface area (Å²) in [5.74, 6) is -0.0383. The van der Waals surface area contributed by atoms with Gasteiger partial charge in [0, 0.05) is 17.3 Å². The second-order valence-corrected chi connectivity index (χ2v) is 6.56. The minimum atomic E-state index is -1.07. The summed E-state index contributed by atoms with van der Waals surface area (Å²) < 4.78 is 30.6. The predicted molar refractivity (Wildman–Crippen MR) is 103 cm³/mol. The Morgan fingerprint density at radius 3 is 2.80 bits per heavy atom. The van der Waals surface area contributed by atoms with E-state index in [9.17, 15) is 9.18 Å². The van der Waals surface area contributed by atoms with Crippen LogP contribution in [-0.2, 0) is 4.79 Å². The first-order chi connectivity index (χ1) is 14.6. The van der Waals surface area contributed by atoms with E-state index in [2.05, 4.69) is 20.6 Å². The standard InChI is InChI=1S/C20H15FN4O5/c21-12-9-22-20(24-13-3-1-2-11-16(13)30-17(11)19(26)27)25-18(12)23-10-4-5-14-15(8-10)29-7-6-28-14/h1-5,8-9,17H,6-7H2,(H,26,27)(H2,22,23,24,25). The molecule has 9 nitrogen and oxygen atoms in total. The van der Waals surface area contributed by atoms with Crippen LogP contribution < -0.4 is 24.8 Å². The Labute approximate surface area is 169 Å². The van der Waals surface area contributed by atoms with E-state index in [0.29, 0.717) is 47.4 Å². The molecule has 2 aliphatic rings. The molecule has 3 N–H and O–H groups in total. The Morgan fingerprint density at radius 2 is 1.97 bits per heavy atom. The average molecular weight is 410 g/mol. The molecule has 1 atom stereocenters. The molecule has 0 fully saturated rings. The van der Waals surface area contributed by atoms with Crippen LogP contribution in [0.15, 0.2) is 42.6 Å². The predicted octanol–water partition coefficient (Wildman–Crippen LogP) is 3.39. The van der Waals surface area contributed by atoms with E-state index in [1.807, 2.05) is 0 Å². The Balaban J connectivity index is 1.38. The second kappa shape index (κ2) is 7.07. The highest BCUT2D eigenvalue weighted by molar-refractivity contribution is 5.82. The average Bonchev–Trinajstić information content (AvgIpc) is 2.71. The van der Waals surface area contributed by atoms with E-state index >= 15 is 0 Å². The summed E-state index contributed by atoms with van der Waals surface area (Å²) in [7, 11) is 0. The van der Waals surface area contributed by atoms with Crippen molar-refractivity contribution in [2.45, 2.75) is 6.10 Å². The number of hydrogen-bond acceptors (Lipinski definition) is 8. The van der Waals surface area contributed by atoms with Crippen molar-refractivity contribution in [3.05, 3.63) is 54.0 Å². The lowest BCUT2D eigenvalue weighted by Gasteiger charge is -2.29. The Kier molecular flexibility index (Phi) is 4.24. The molecule has 5 rings (SSSR count). The number of nitrogens with one attached hydrogen (secondary N) is 2. The van der Waals surface area contributed by atoms with Crippen LogP contribution in [0.3, 0.4) is 0 Å². The third-order valence-corrected chi connectivity index (χ3v) is 4.58. The lowest BCUT2D eigenvalue weighted by atomic mass is 10.0. The van der Waals surface area contributed by atoms with Crippen molar-refractivity contribution < 1.29 is 28.5 Å². The second-order valence-electron chi connectivity index (χ2n) is 6.56. The van der Waals surface area contributed by atoms with Gasteiger partial charge in [-0.15, -0.1) is 0 Å². The molecule has 0 spiro atoms. The van der Waals surface area contributed by atoms with Crippen molar-refractivity contribution in [3.8, 4) is 17.2 Å². The first-order valence-electron chi connectivity index (χ1n) is 9.07. The minimum absolute atomic E-state index is 0.0386. The maximum Gasteiger partial charge on any atom is 0.349 e. The van der Waals surface area contributed by atoms with Crippen molar-refractivity contribution in [1.82, 2.24) is 9.97 Å². The van der Waals surface area contributed by atoms with Gasteiger partial charge in [0.25, 0.3) is 0 Å². The first-order valence-corrected chi connectivity index (χ1v) is 9.07. The number of aromatic nitrogens is 2. The zero-order chi connectivity index (χ0) is 20.7. The van der Waals surface area contributed by atoms with Crippen LogP contribution in [0.4, 0.5) is 27.5 Å². The molecular weight excluding hydrogens is 395 g/mol. The van der Waals surface area contributed by atoms with Crippen LogP contribution >= 0.6 is 0 Å². The highest BCUT2D eigenvalue weighted by Crippen LogP contribution is 2.45. The topological polar surface area (TPSA) is 115 Å². The maximum absolute atomic E-state index is 14.3. The van der Waals surface area contributed by atoms with Crippen LogP contribution in [0.5, 0.6) is 17.2 Å². The number of aliphatic carboxylic acids is 1. The summed E-state index contributed by atoms with van der Waals surface area (Å²) in [6.45, 7) is 0.925. The molecule has 2 aliphatic heterocycles. The number of carbonyl (C=O) groups is 1. The molecule has 152 valence electrons. The Hall–Kier alpha value is -4.08. The van der Waals surface area contributed by atoms with Crippen molar-refractivity contribution >= 4 is 29.1 Å². The normalized spacial score (nSPS) is 16.0.